The van der Waals surface area contributed by atoms with Crippen LogP contribution in [0.3, 0.4) is 0 Å². The minimum atomic E-state index is 0.151. The van der Waals surface area contributed by atoms with Crippen LogP contribution in [0.1, 0.15) is 48.1 Å². The maximum Gasteiger partial charge on any atom is 0.171 e. The van der Waals surface area contributed by atoms with Crippen molar-refractivity contribution in [2.45, 2.75) is 39.7 Å². The highest BCUT2D eigenvalue weighted by Crippen LogP contribution is 2.41. The van der Waals surface area contributed by atoms with E-state index < -0.39 is 0 Å². The molecule has 0 aromatic heterocycles. The fourth-order valence-electron chi connectivity index (χ4n) is 4.06. The molecule has 0 radical (unpaired) electrons. The van der Waals surface area contributed by atoms with Crippen molar-refractivity contribution in [3.63, 3.8) is 0 Å². The molecule has 2 nitrogen and oxygen atoms in total. The number of aryl methyl sites for hydroxylation is 2. The van der Waals surface area contributed by atoms with Crippen LogP contribution in [0.25, 0.3) is 6.08 Å². The number of benzene rings is 2. The molecule has 2 N–H and O–H groups in total. The van der Waals surface area contributed by atoms with Gasteiger partial charge < -0.3 is 10.6 Å². The number of hydrogen-bond acceptors (Lipinski definition) is 1. The second kappa shape index (κ2) is 7.32. The van der Waals surface area contributed by atoms with Gasteiger partial charge in [-0.2, -0.15) is 0 Å². The molecule has 0 bridgehead atoms. The van der Waals surface area contributed by atoms with Gasteiger partial charge in [0.2, 0.25) is 0 Å². The van der Waals surface area contributed by atoms with E-state index in [1.165, 1.54) is 39.1 Å². The first kappa shape index (κ1) is 18.0. The molecule has 27 heavy (non-hydrogen) atoms. The number of nitrogens with one attached hydrogen (secondary N) is 2. The third-order valence-electron chi connectivity index (χ3n) is 5.47. The first-order valence-electron chi connectivity index (χ1n) is 9.64. The lowest BCUT2D eigenvalue weighted by Crippen LogP contribution is -2.45. The van der Waals surface area contributed by atoms with E-state index in [9.17, 15) is 0 Å². The second-order valence-corrected chi connectivity index (χ2v) is 8.34. The summed E-state index contributed by atoms with van der Waals surface area (Å²) in [6.45, 7) is 6.59. The molecule has 3 heteroatoms. The molecule has 0 saturated carbocycles. The standard InChI is InChI=1S/C24H26N2S/c1-15-4-8-18(9-5-15)14-20-12-17(3)13-21-22(25-24(27)26-23(20)21)19-10-6-16(2)7-11-19/h4-11,14,17,22H,12-13H2,1-3H3,(H2,25,26,27)/b20-14+. The molecule has 1 aliphatic heterocycles. The van der Waals surface area contributed by atoms with Gasteiger partial charge in [-0.1, -0.05) is 66.6 Å². The molecule has 2 aliphatic rings. The van der Waals surface area contributed by atoms with Crippen LogP contribution in [0.5, 0.6) is 0 Å². The summed E-state index contributed by atoms with van der Waals surface area (Å²) in [7, 11) is 0. The van der Waals surface area contributed by atoms with Crippen molar-refractivity contribution in [2.75, 3.05) is 0 Å². The molecular formula is C24H26N2S. The van der Waals surface area contributed by atoms with Crippen LogP contribution >= 0.6 is 12.2 Å². The normalized spacial score (nSPS) is 23.7. The van der Waals surface area contributed by atoms with Gasteiger partial charge in [-0.3, -0.25) is 0 Å². The van der Waals surface area contributed by atoms with Gasteiger partial charge in [0.1, 0.15) is 0 Å². The quantitative estimate of drug-likeness (QED) is 0.670. The van der Waals surface area contributed by atoms with Gasteiger partial charge in [-0.15, -0.1) is 0 Å². The Labute approximate surface area is 167 Å². The average molecular weight is 375 g/mol. The van der Waals surface area contributed by atoms with Gasteiger partial charge >= 0.3 is 0 Å². The highest BCUT2D eigenvalue weighted by molar-refractivity contribution is 7.80. The Hall–Kier alpha value is -2.39. The van der Waals surface area contributed by atoms with Crippen molar-refractivity contribution in [3.05, 3.63) is 87.6 Å². The highest BCUT2D eigenvalue weighted by Gasteiger charge is 2.32. The maximum atomic E-state index is 5.56. The van der Waals surface area contributed by atoms with Crippen LogP contribution in [0, 0.1) is 19.8 Å². The summed E-state index contributed by atoms with van der Waals surface area (Å²) in [5.74, 6) is 0.615. The summed E-state index contributed by atoms with van der Waals surface area (Å²) in [4.78, 5) is 0. The molecule has 2 atom stereocenters. The van der Waals surface area contributed by atoms with Gasteiger partial charge in [0.05, 0.1) is 6.04 Å². The molecule has 1 heterocycles. The first-order valence-corrected chi connectivity index (χ1v) is 10.0. The SMILES string of the molecule is Cc1ccc(/C=C2\CC(C)CC3=C2NC(=S)NC3c2ccc(C)cc2)cc1. The molecule has 2 unspecified atom stereocenters. The molecule has 1 aliphatic carbocycles. The average Bonchev–Trinajstić information content (AvgIpc) is 2.64. The molecule has 2 aromatic carbocycles. The van der Waals surface area contributed by atoms with E-state index in [-0.39, 0.29) is 6.04 Å². The Morgan fingerprint density at radius 1 is 0.926 bits per heavy atom. The lowest BCUT2D eigenvalue weighted by Gasteiger charge is -2.38. The Morgan fingerprint density at radius 2 is 1.56 bits per heavy atom. The highest BCUT2D eigenvalue weighted by atomic mass is 32.1. The van der Waals surface area contributed by atoms with E-state index in [2.05, 4.69) is 86.0 Å². The fraction of sp³-hybridized carbons (Fsp3) is 0.292. The summed E-state index contributed by atoms with van der Waals surface area (Å²) >= 11 is 5.56. The zero-order valence-corrected chi connectivity index (χ0v) is 17.0. The monoisotopic (exact) mass is 374 g/mol. The van der Waals surface area contributed by atoms with Crippen LogP contribution in [0.4, 0.5) is 0 Å². The van der Waals surface area contributed by atoms with Gasteiger partial charge in [-0.25, -0.2) is 0 Å². The van der Waals surface area contributed by atoms with Crippen LogP contribution in [-0.2, 0) is 0 Å². The maximum absolute atomic E-state index is 5.56. The Balaban J connectivity index is 1.78. The van der Waals surface area contributed by atoms with Gasteiger partial charge in [0, 0.05) is 5.70 Å². The molecule has 0 spiro atoms. The van der Waals surface area contributed by atoms with Gasteiger partial charge in [0.25, 0.3) is 0 Å². The zero-order valence-electron chi connectivity index (χ0n) is 16.2. The number of hydrogen-bond donors (Lipinski definition) is 2. The van der Waals surface area contributed by atoms with Crippen molar-refractivity contribution in [1.82, 2.24) is 10.6 Å². The number of thiocarbonyl (C=S) groups is 1. The molecule has 0 saturated heterocycles. The predicted molar refractivity (Wildman–Crippen MR) is 117 cm³/mol. The van der Waals surface area contributed by atoms with E-state index in [4.69, 9.17) is 12.2 Å². The van der Waals surface area contributed by atoms with E-state index >= 15 is 0 Å². The number of allylic oxidation sites excluding steroid dienone is 1. The minimum Gasteiger partial charge on any atom is -0.352 e. The van der Waals surface area contributed by atoms with Gasteiger partial charge in [0.15, 0.2) is 5.11 Å². The van der Waals surface area contributed by atoms with Crippen molar-refractivity contribution < 1.29 is 0 Å². The lowest BCUT2D eigenvalue weighted by molar-refractivity contribution is 0.500. The summed E-state index contributed by atoms with van der Waals surface area (Å²) in [6.07, 6.45) is 4.47. The molecular weight excluding hydrogens is 348 g/mol. The molecule has 2 aromatic rings. The first-order chi connectivity index (χ1) is 13.0. The van der Waals surface area contributed by atoms with Crippen molar-refractivity contribution in [1.29, 1.82) is 0 Å². The zero-order chi connectivity index (χ0) is 19.0. The van der Waals surface area contributed by atoms with E-state index in [0.29, 0.717) is 11.0 Å². The Kier molecular flexibility index (Phi) is 4.88. The van der Waals surface area contributed by atoms with Crippen molar-refractivity contribution in [3.8, 4) is 0 Å². The Morgan fingerprint density at radius 3 is 2.22 bits per heavy atom. The van der Waals surface area contributed by atoms with E-state index in [1.54, 1.807) is 0 Å². The van der Waals surface area contributed by atoms with Crippen molar-refractivity contribution >= 4 is 23.4 Å². The summed E-state index contributed by atoms with van der Waals surface area (Å²) in [6, 6.07) is 17.7. The second-order valence-electron chi connectivity index (χ2n) is 7.94. The molecule has 4 rings (SSSR count). The van der Waals surface area contributed by atoms with E-state index in [0.717, 1.165) is 12.8 Å². The van der Waals surface area contributed by atoms with Crippen LogP contribution in [0.15, 0.2) is 65.4 Å². The third-order valence-corrected chi connectivity index (χ3v) is 5.69. The van der Waals surface area contributed by atoms with E-state index in [1.807, 2.05) is 0 Å². The smallest absolute Gasteiger partial charge is 0.171 e. The summed E-state index contributed by atoms with van der Waals surface area (Å²) in [5.41, 5.74) is 9.09. The van der Waals surface area contributed by atoms with Crippen molar-refractivity contribution in [2.24, 2.45) is 5.92 Å². The fourth-order valence-corrected chi connectivity index (χ4v) is 4.28. The number of rotatable bonds is 2. The molecule has 0 amide bonds. The van der Waals surface area contributed by atoms with Crippen LogP contribution in [0.2, 0.25) is 0 Å². The molecule has 138 valence electrons. The molecule has 0 fully saturated rings. The minimum absolute atomic E-state index is 0.151. The summed E-state index contributed by atoms with van der Waals surface area (Å²) < 4.78 is 0. The van der Waals surface area contributed by atoms with Gasteiger partial charge in [-0.05, 0) is 73.2 Å². The lowest BCUT2D eigenvalue weighted by atomic mass is 9.78. The van der Waals surface area contributed by atoms with Crippen LogP contribution in [-0.4, -0.2) is 5.11 Å². The summed E-state index contributed by atoms with van der Waals surface area (Å²) in [5, 5.41) is 7.67. The van der Waals surface area contributed by atoms with Crippen LogP contribution < -0.4 is 10.6 Å². The largest absolute Gasteiger partial charge is 0.352 e. The Bertz CT molecular complexity index is 920. The predicted octanol–water partition coefficient (Wildman–Crippen LogP) is 5.59. The topological polar surface area (TPSA) is 24.1 Å². The third kappa shape index (κ3) is 3.84.